The quantitative estimate of drug-likeness (QED) is 0.405. The number of carbonyl (C=O) groups is 3. The Kier molecular flexibility index (Phi) is 10.7. The smallest absolute Gasteiger partial charge is 0.303 e. The highest BCUT2D eigenvalue weighted by molar-refractivity contribution is 5.79. The van der Waals surface area contributed by atoms with E-state index < -0.39 is 18.2 Å². The third-order valence-electron chi connectivity index (χ3n) is 5.40. The maximum atomic E-state index is 12.1. The third kappa shape index (κ3) is 8.41. The Morgan fingerprint density at radius 3 is 2.04 bits per heavy atom. The van der Waals surface area contributed by atoms with Gasteiger partial charge in [0, 0.05) is 32.1 Å². The summed E-state index contributed by atoms with van der Waals surface area (Å²) >= 11 is 0. The van der Waals surface area contributed by atoms with E-state index in [0.717, 1.165) is 19.3 Å². The lowest BCUT2D eigenvalue weighted by molar-refractivity contribution is -0.137. The van der Waals surface area contributed by atoms with Crippen LogP contribution in [0.1, 0.15) is 84.0 Å². The van der Waals surface area contributed by atoms with E-state index in [1.165, 1.54) is 0 Å². The Morgan fingerprint density at radius 1 is 0.808 bits per heavy atom. The van der Waals surface area contributed by atoms with Crippen LogP contribution in [-0.4, -0.2) is 45.1 Å². The molecule has 0 saturated heterocycles. The summed E-state index contributed by atoms with van der Waals surface area (Å²) < 4.78 is 0. The Bertz CT molecular complexity index is 461. The SMILES string of the molecule is CCCCCC(=O)CC[C@@H]1[C@@H](CC(=O)CCCCC(=O)O)[C@H](O)C[C@H]1O. The predicted molar refractivity (Wildman–Crippen MR) is 97.7 cm³/mol. The van der Waals surface area contributed by atoms with Crippen LogP contribution in [0.4, 0.5) is 0 Å². The molecule has 1 rings (SSSR count). The number of carboxylic acids is 1. The van der Waals surface area contributed by atoms with Crippen LogP contribution in [0.25, 0.3) is 0 Å². The second-order valence-corrected chi connectivity index (χ2v) is 7.58. The van der Waals surface area contributed by atoms with E-state index in [-0.39, 0.29) is 42.7 Å². The lowest BCUT2D eigenvalue weighted by Gasteiger charge is -2.22. The predicted octanol–water partition coefficient (Wildman–Crippen LogP) is 2.88. The number of carboxylic acid groups (broad SMARTS) is 1. The van der Waals surface area contributed by atoms with E-state index in [4.69, 9.17) is 5.11 Å². The molecule has 0 aromatic heterocycles. The standard InChI is InChI=1S/C20H34O6/c1-2-3-4-7-14(21)10-11-16-17(19(24)13-18(16)23)12-15(22)8-5-6-9-20(25)26/h16-19,23-24H,2-13H2,1H3,(H,25,26)/t16-,17-,18-,19-/m1/s1. The molecule has 0 amide bonds. The lowest BCUT2D eigenvalue weighted by Crippen LogP contribution is -2.25. The Labute approximate surface area is 156 Å². The van der Waals surface area contributed by atoms with Crippen LogP contribution in [-0.2, 0) is 14.4 Å². The zero-order chi connectivity index (χ0) is 19.5. The summed E-state index contributed by atoms with van der Waals surface area (Å²) in [7, 11) is 0. The number of aliphatic hydroxyl groups is 2. The summed E-state index contributed by atoms with van der Waals surface area (Å²) in [6.07, 6.45) is 4.88. The number of rotatable bonds is 14. The average molecular weight is 370 g/mol. The van der Waals surface area contributed by atoms with Crippen LogP contribution >= 0.6 is 0 Å². The van der Waals surface area contributed by atoms with Crippen LogP contribution in [0.2, 0.25) is 0 Å². The first kappa shape index (κ1) is 22.8. The second-order valence-electron chi connectivity index (χ2n) is 7.58. The van der Waals surface area contributed by atoms with Gasteiger partial charge in [0.1, 0.15) is 11.6 Å². The van der Waals surface area contributed by atoms with Gasteiger partial charge in [-0.3, -0.25) is 14.4 Å². The van der Waals surface area contributed by atoms with Gasteiger partial charge in [0.2, 0.25) is 0 Å². The molecule has 0 radical (unpaired) electrons. The summed E-state index contributed by atoms with van der Waals surface area (Å²) in [5.41, 5.74) is 0. The van der Waals surface area contributed by atoms with E-state index in [1.807, 2.05) is 0 Å². The van der Waals surface area contributed by atoms with Gasteiger partial charge in [-0.15, -0.1) is 0 Å². The van der Waals surface area contributed by atoms with Gasteiger partial charge in [0.15, 0.2) is 0 Å². The van der Waals surface area contributed by atoms with Crippen molar-refractivity contribution in [1.29, 1.82) is 0 Å². The molecule has 0 heterocycles. The van der Waals surface area contributed by atoms with Gasteiger partial charge in [-0.2, -0.15) is 0 Å². The largest absolute Gasteiger partial charge is 0.481 e. The highest BCUT2D eigenvalue weighted by Crippen LogP contribution is 2.38. The van der Waals surface area contributed by atoms with Crippen LogP contribution in [0.3, 0.4) is 0 Å². The van der Waals surface area contributed by atoms with Crippen molar-refractivity contribution in [2.75, 3.05) is 0 Å². The Hall–Kier alpha value is -1.27. The van der Waals surface area contributed by atoms with Crippen molar-refractivity contribution in [2.45, 2.75) is 96.2 Å². The molecular weight excluding hydrogens is 336 g/mol. The van der Waals surface area contributed by atoms with E-state index in [1.54, 1.807) is 0 Å². The molecule has 1 fully saturated rings. The molecule has 6 nitrogen and oxygen atoms in total. The fourth-order valence-corrected chi connectivity index (χ4v) is 3.85. The summed E-state index contributed by atoms with van der Waals surface area (Å²) in [5.74, 6) is -1.21. The van der Waals surface area contributed by atoms with Crippen molar-refractivity contribution in [3.8, 4) is 0 Å². The molecule has 3 N–H and O–H groups in total. The minimum absolute atomic E-state index is 0.00666. The van der Waals surface area contributed by atoms with E-state index >= 15 is 0 Å². The van der Waals surface area contributed by atoms with Crippen LogP contribution < -0.4 is 0 Å². The number of aliphatic carboxylic acids is 1. The number of hydrogen-bond acceptors (Lipinski definition) is 5. The van der Waals surface area contributed by atoms with Crippen LogP contribution in [0.5, 0.6) is 0 Å². The number of Topliss-reactive ketones (excluding diaryl/α,β-unsaturated/α-hetero) is 2. The molecule has 0 unspecified atom stereocenters. The van der Waals surface area contributed by atoms with Crippen molar-refractivity contribution >= 4 is 17.5 Å². The molecule has 4 atom stereocenters. The Balaban J connectivity index is 2.42. The molecular formula is C20H34O6. The van der Waals surface area contributed by atoms with Crippen molar-refractivity contribution in [3.63, 3.8) is 0 Å². The zero-order valence-corrected chi connectivity index (χ0v) is 15.9. The van der Waals surface area contributed by atoms with Crippen molar-refractivity contribution < 1.29 is 29.7 Å². The lowest BCUT2D eigenvalue weighted by atomic mass is 9.84. The molecule has 6 heteroatoms. The second kappa shape index (κ2) is 12.2. The maximum Gasteiger partial charge on any atom is 0.303 e. The number of aliphatic hydroxyl groups excluding tert-OH is 2. The maximum absolute atomic E-state index is 12.1. The van der Waals surface area contributed by atoms with Gasteiger partial charge in [-0.05, 0) is 43.9 Å². The highest BCUT2D eigenvalue weighted by atomic mass is 16.4. The molecule has 1 saturated carbocycles. The van der Waals surface area contributed by atoms with Gasteiger partial charge in [0.05, 0.1) is 12.2 Å². The molecule has 1 aliphatic carbocycles. The molecule has 1 aliphatic rings. The third-order valence-corrected chi connectivity index (χ3v) is 5.40. The molecule has 0 bridgehead atoms. The van der Waals surface area contributed by atoms with Gasteiger partial charge in [-0.1, -0.05) is 19.8 Å². The zero-order valence-electron chi connectivity index (χ0n) is 15.9. The monoisotopic (exact) mass is 370 g/mol. The van der Waals surface area contributed by atoms with Crippen LogP contribution in [0, 0.1) is 11.8 Å². The first-order chi connectivity index (χ1) is 12.3. The number of carbonyl (C=O) groups excluding carboxylic acids is 2. The topological polar surface area (TPSA) is 112 Å². The minimum atomic E-state index is -0.865. The minimum Gasteiger partial charge on any atom is -0.481 e. The first-order valence-electron chi connectivity index (χ1n) is 9.96. The van der Waals surface area contributed by atoms with Gasteiger partial charge < -0.3 is 15.3 Å². The van der Waals surface area contributed by atoms with Crippen molar-refractivity contribution in [1.82, 2.24) is 0 Å². The molecule has 26 heavy (non-hydrogen) atoms. The fourth-order valence-electron chi connectivity index (χ4n) is 3.85. The summed E-state index contributed by atoms with van der Waals surface area (Å²) in [6, 6.07) is 0. The normalized spacial score (nSPS) is 25.3. The number of hydrogen-bond donors (Lipinski definition) is 3. The highest BCUT2D eigenvalue weighted by Gasteiger charge is 2.42. The Morgan fingerprint density at radius 2 is 1.38 bits per heavy atom. The van der Waals surface area contributed by atoms with Gasteiger partial charge in [0.25, 0.3) is 0 Å². The van der Waals surface area contributed by atoms with E-state index in [0.29, 0.717) is 38.5 Å². The molecule has 0 spiro atoms. The fraction of sp³-hybridized carbons (Fsp3) is 0.850. The molecule has 0 aromatic carbocycles. The van der Waals surface area contributed by atoms with E-state index in [2.05, 4.69) is 6.92 Å². The van der Waals surface area contributed by atoms with E-state index in [9.17, 15) is 24.6 Å². The van der Waals surface area contributed by atoms with Crippen LogP contribution in [0.15, 0.2) is 0 Å². The average Bonchev–Trinajstić information content (AvgIpc) is 2.83. The van der Waals surface area contributed by atoms with Gasteiger partial charge in [-0.25, -0.2) is 0 Å². The molecule has 0 aromatic rings. The molecule has 0 aliphatic heterocycles. The van der Waals surface area contributed by atoms with Gasteiger partial charge >= 0.3 is 5.97 Å². The van der Waals surface area contributed by atoms with Crippen molar-refractivity contribution in [3.05, 3.63) is 0 Å². The van der Waals surface area contributed by atoms with Crippen molar-refractivity contribution in [2.24, 2.45) is 11.8 Å². The summed E-state index contributed by atoms with van der Waals surface area (Å²) in [4.78, 5) is 34.6. The first-order valence-corrected chi connectivity index (χ1v) is 9.96. The summed E-state index contributed by atoms with van der Waals surface area (Å²) in [5, 5.41) is 29.0. The summed E-state index contributed by atoms with van der Waals surface area (Å²) in [6.45, 7) is 2.09. The number of unbranched alkanes of at least 4 members (excludes halogenated alkanes) is 3. The number of ketones is 2. The molecule has 150 valence electrons.